The lowest BCUT2D eigenvalue weighted by molar-refractivity contribution is 0.280. The second-order valence-electron chi connectivity index (χ2n) is 4.04. The zero-order chi connectivity index (χ0) is 12.8. The van der Waals surface area contributed by atoms with Gasteiger partial charge in [0.25, 0.3) is 0 Å². The van der Waals surface area contributed by atoms with Crippen LogP contribution in [0.25, 0.3) is 0 Å². The Hall–Kier alpha value is -0.810. The molecule has 17 heavy (non-hydrogen) atoms. The Labute approximate surface area is 106 Å². The number of halogens is 1. The molecule has 1 aromatic rings. The van der Waals surface area contributed by atoms with Crippen molar-refractivity contribution < 1.29 is 9.50 Å². The number of aromatic nitrogens is 1. The van der Waals surface area contributed by atoms with E-state index in [1.165, 1.54) is 12.3 Å². The number of aliphatic hydroxyl groups excluding tert-OH is 1. The van der Waals surface area contributed by atoms with E-state index in [1.54, 1.807) is 11.8 Å². The number of anilines is 1. The molecule has 96 valence electrons. The van der Waals surface area contributed by atoms with E-state index in [9.17, 15) is 9.50 Å². The lowest BCUT2D eigenvalue weighted by Crippen LogP contribution is -2.31. The van der Waals surface area contributed by atoms with Gasteiger partial charge in [0.2, 0.25) is 0 Å². The maximum absolute atomic E-state index is 13.0. The number of hydrogen-bond donors (Lipinski definition) is 1. The van der Waals surface area contributed by atoms with Gasteiger partial charge in [-0.15, -0.1) is 0 Å². The third-order valence-electron chi connectivity index (χ3n) is 2.81. The summed E-state index contributed by atoms with van der Waals surface area (Å²) < 4.78 is 13.0. The fourth-order valence-corrected chi connectivity index (χ4v) is 2.18. The topological polar surface area (TPSA) is 36.4 Å². The summed E-state index contributed by atoms with van der Waals surface area (Å²) >= 11 is 1.80. The second kappa shape index (κ2) is 6.81. The van der Waals surface area contributed by atoms with Crippen LogP contribution in [-0.2, 0) is 6.61 Å². The van der Waals surface area contributed by atoms with Gasteiger partial charge in [0.15, 0.2) is 0 Å². The van der Waals surface area contributed by atoms with E-state index < -0.39 is 5.82 Å². The second-order valence-corrected chi connectivity index (χ2v) is 5.02. The Morgan fingerprint density at radius 2 is 2.29 bits per heavy atom. The van der Waals surface area contributed by atoms with Gasteiger partial charge in [-0.25, -0.2) is 9.37 Å². The van der Waals surface area contributed by atoms with Crippen LogP contribution < -0.4 is 4.90 Å². The van der Waals surface area contributed by atoms with Gasteiger partial charge in [0, 0.05) is 18.7 Å². The molecule has 0 saturated heterocycles. The molecule has 0 aliphatic carbocycles. The summed E-state index contributed by atoms with van der Waals surface area (Å²) in [6.45, 7) is 1.90. The molecule has 1 unspecified atom stereocenters. The normalized spacial score (nSPS) is 12.5. The molecule has 0 radical (unpaired) electrons. The SMILES string of the molecule is CSCCC(C)N(C)c1ncc(F)cc1CO. The minimum absolute atomic E-state index is 0.195. The Bertz CT molecular complexity index is 362. The lowest BCUT2D eigenvalue weighted by Gasteiger charge is -2.27. The fraction of sp³-hybridized carbons (Fsp3) is 0.583. The molecule has 0 bridgehead atoms. The molecular formula is C12H19FN2OS. The van der Waals surface area contributed by atoms with Gasteiger partial charge in [0.05, 0.1) is 12.8 Å². The van der Waals surface area contributed by atoms with Gasteiger partial charge in [-0.1, -0.05) is 0 Å². The number of aliphatic hydroxyl groups is 1. The van der Waals surface area contributed by atoms with Gasteiger partial charge in [0.1, 0.15) is 11.6 Å². The monoisotopic (exact) mass is 258 g/mol. The first-order valence-corrected chi connectivity index (χ1v) is 6.96. The molecule has 1 aromatic heterocycles. The summed E-state index contributed by atoms with van der Waals surface area (Å²) in [6, 6.07) is 1.64. The van der Waals surface area contributed by atoms with Crippen molar-refractivity contribution in [1.29, 1.82) is 0 Å². The average Bonchev–Trinajstić information content (AvgIpc) is 2.34. The highest BCUT2D eigenvalue weighted by molar-refractivity contribution is 7.98. The van der Waals surface area contributed by atoms with E-state index in [2.05, 4.69) is 18.2 Å². The van der Waals surface area contributed by atoms with Crippen LogP contribution in [0, 0.1) is 5.82 Å². The number of rotatable bonds is 6. The van der Waals surface area contributed by atoms with E-state index in [1.807, 2.05) is 11.9 Å². The van der Waals surface area contributed by atoms with Crippen molar-refractivity contribution in [3.8, 4) is 0 Å². The van der Waals surface area contributed by atoms with Crippen molar-refractivity contribution in [3.63, 3.8) is 0 Å². The lowest BCUT2D eigenvalue weighted by atomic mass is 10.2. The van der Waals surface area contributed by atoms with E-state index in [-0.39, 0.29) is 6.61 Å². The molecule has 1 atom stereocenters. The quantitative estimate of drug-likeness (QED) is 0.849. The van der Waals surface area contributed by atoms with Crippen LogP contribution in [0.2, 0.25) is 0 Å². The van der Waals surface area contributed by atoms with Crippen LogP contribution in [0.3, 0.4) is 0 Å². The predicted octanol–water partition coefficient (Wildman–Crippen LogP) is 2.29. The summed E-state index contributed by atoms with van der Waals surface area (Å²) in [5, 5.41) is 9.21. The summed E-state index contributed by atoms with van der Waals surface area (Å²) in [5.74, 6) is 1.31. The third-order valence-corrected chi connectivity index (χ3v) is 3.46. The fourth-order valence-electron chi connectivity index (χ4n) is 1.60. The zero-order valence-electron chi connectivity index (χ0n) is 10.5. The number of hydrogen-bond acceptors (Lipinski definition) is 4. The van der Waals surface area contributed by atoms with Gasteiger partial charge in [-0.3, -0.25) is 0 Å². The van der Waals surface area contributed by atoms with Crippen LogP contribution in [0.4, 0.5) is 10.2 Å². The smallest absolute Gasteiger partial charge is 0.142 e. The minimum Gasteiger partial charge on any atom is -0.392 e. The van der Waals surface area contributed by atoms with Crippen molar-refractivity contribution in [3.05, 3.63) is 23.6 Å². The van der Waals surface area contributed by atoms with Crippen molar-refractivity contribution >= 4 is 17.6 Å². The first-order chi connectivity index (χ1) is 8.10. The van der Waals surface area contributed by atoms with Gasteiger partial charge < -0.3 is 10.0 Å². The molecule has 0 aromatic carbocycles. The Balaban J connectivity index is 2.83. The first kappa shape index (κ1) is 14.3. The highest BCUT2D eigenvalue weighted by atomic mass is 32.2. The number of nitrogens with zero attached hydrogens (tertiary/aromatic N) is 2. The summed E-state index contributed by atoms with van der Waals surface area (Å²) in [5.41, 5.74) is 0.531. The number of pyridine rings is 1. The molecule has 0 saturated carbocycles. The van der Waals surface area contributed by atoms with Crippen LogP contribution >= 0.6 is 11.8 Å². The molecular weight excluding hydrogens is 239 g/mol. The molecule has 0 spiro atoms. The number of thioether (sulfide) groups is 1. The maximum Gasteiger partial charge on any atom is 0.142 e. The minimum atomic E-state index is -0.414. The molecule has 0 aliphatic heterocycles. The summed E-state index contributed by atoms with van der Waals surface area (Å²) in [7, 11) is 1.92. The Morgan fingerprint density at radius 3 is 2.88 bits per heavy atom. The van der Waals surface area contributed by atoms with Gasteiger partial charge in [-0.05, 0) is 31.4 Å². The molecule has 0 fully saturated rings. The zero-order valence-corrected chi connectivity index (χ0v) is 11.3. The highest BCUT2D eigenvalue weighted by Gasteiger charge is 2.15. The molecule has 5 heteroatoms. The molecule has 0 amide bonds. The van der Waals surface area contributed by atoms with Crippen molar-refractivity contribution in [2.75, 3.05) is 24.0 Å². The van der Waals surface area contributed by atoms with Gasteiger partial charge >= 0.3 is 0 Å². The van der Waals surface area contributed by atoms with Crippen molar-refractivity contribution in [2.45, 2.75) is 26.0 Å². The largest absolute Gasteiger partial charge is 0.392 e. The molecule has 1 rings (SSSR count). The van der Waals surface area contributed by atoms with Gasteiger partial charge in [-0.2, -0.15) is 11.8 Å². The van der Waals surface area contributed by atoms with E-state index in [0.29, 0.717) is 17.4 Å². The summed E-state index contributed by atoms with van der Waals surface area (Å²) in [6.07, 6.45) is 4.29. The maximum atomic E-state index is 13.0. The standard InChI is InChI=1S/C12H19FN2OS/c1-9(4-5-17-3)15(2)12-10(8-16)6-11(13)7-14-12/h6-7,9,16H,4-5,8H2,1-3H3. The van der Waals surface area contributed by atoms with Crippen LogP contribution in [-0.4, -0.2) is 35.2 Å². The first-order valence-electron chi connectivity index (χ1n) is 5.57. The van der Waals surface area contributed by atoms with Crippen LogP contribution in [0.5, 0.6) is 0 Å². The van der Waals surface area contributed by atoms with Crippen LogP contribution in [0.15, 0.2) is 12.3 Å². The average molecular weight is 258 g/mol. The van der Waals surface area contributed by atoms with E-state index >= 15 is 0 Å². The molecule has 1 heterocycles. The molecule has 3 nitrogen and oxygen atoms in total. The van der Waals surface area contributed by atoms with E-state index in [4.69, 9.17) is 0 Å². The molecule has 1 N–H and O–H groups in total. The Morgan fingerprint density at radius 1 is 1.59 bits per heavy atom. The van der Waals surface area contributed by atoms with Crippen molar-refractivity contribution in [2.24, 2.45) is 0 Å². The van der Waals surface area contributed by atoms with Crippen molar-refractivity contribution in [1.82, 2.24) is 4.98 Å². The molecule has 0 aliphatic rings. The van der Waals surface area contributed by atoms with Crippen LogP contribution in [0.1, 0.15) is 18.9 Å². The highest BCUT2D eigenvalue weighted by Crippen LogP contribution is 2.20. The third kappa shape index (κ3) is 3.85. The summed E-state index contributed by atoms with van der Waals surface area (Å²) in [4.78, 5) is 6.05. The predicted molar refractivity (Wildman–Crippen MR) is 71.0 cm³/mol. The van der Waals surface area contributed by atoms with E-state index in [0.717, 1.165) is 12.2 Å². The Kier molecular flexibility index (Phi) is 5.71.